The first-order chi connectivity index (χ1) is 12.7. The number of alkyl halides is 3. The Labute approximate surface area is 159 Å². The van der Waals surface area contributed by atoms with Crippen molar-refractivity contribution in [1.29, 1.82) is 0 Å². The van der Waals surface area contributed by atoms with Gasteiger partial charge in [0, 0.05) is 19.2 Å². The zero-order chi connectivity index (χ0) is 21.6. The lowest BCUT2D eigenvalue weighted by atomic mass is 10.1. The molecule has 28 heavy (non-hydrogen) atoms. The van der Waals surface area contributed by atoms with Crippen molar-refractivity contribution in [3.63, 3.8) is 0 Å². The second kappa shape index (κ2) is 6.97. The molecule has 0 saturated heterocycles. The third-order valence-corrected chi connectivity index (χ3v) is 4.11. The molecule has 0 fully saturated rings. The van der Waals surface area contributed by atoms with Crippen molar-refractivity contribution in [2.75, 3.05) is 0 Å². The van der Waals surface area contributed by atoms with E-state index in [9.17, 15) is 31.9 Å². The SMILES string of the molecule is Cn1c(C(F)(F)F)cc(=O)n(-c2cc(OC(C)(C)C(N)=O)c(Cl)cc2F)c1=O. The second-order valence-electron chi connectivity index (χ2n) is 6.25. The summed E-state index contributed by atoms with van der Waals surface area (Å²) >= 11 is 5.86. The number of benzene rings is 1. The molecule has 0 saturated carbocycles. The van der Waals surface area contributed by atoms with Gasteiger partial charge in [0.1, 0.15) is 17.3 Å². The number of carbonyl (C=O) groups excluding carboxylic acids is 1. The predicted molar refractivity (Wildman–Crippen MR) is 91.2 cm³/mol. The smallest absolute Gasteiger partial charge is 0.431 e. The van der Waals surface area contributed by atoms with Crippen molar-refractivity contribution < 1.29 is 27.1 Å². The molecule has 0 atom stereocenters. The van der Waals surface area contributed by atoms with Gasteiger partial charge in [0.05, 0.1) is 10.7 Å². The van der Waals surface area contributed by atoms with E-state index in [1.54, 1.807) is 0 Å². The summed E-state index contributed by atoms with van der Waals surface area (Å²) in [5.41, 5.74) is -1.48. The van der Waals surface area contributed by atoms with Crippen LogP contribution in [0, 0.1) is 5.82 Å². The van der Waals surface area contributed by atoms with Gasteiger partial charge in [0.15, 0.2) is 5.60 Å². The molecule has 1 amide bonds. The zero-order valence-electron chi connectivity index (χ0n) is 14.7. The van der Waals surface area contributed by atoms with Gasteiger partial charge in [0.2, 0.25) is 0 Å². The minimum atomic E-state index is -4.97. The van der Waals surface area contributed by atoms with Crippen LogP contribution >= 0.6 is 11.6 Å². The molecule has 1 heterocycles. The molecule has 0 aliphatic rings. The average Bonchev–Trinajstić information content (AvgIpc) is 2.53. The van der Waals surface area contributed by atoms with Crippen LogP contribution in [0.4, 0.5) is 17.6 Å². The number of halogens is 5. The third-order valence-electron chi connectivity index (χ3n) is 3.81. The molecule has 2 N–H and O–H groups in total. The molecular weight excluding hydrogens is 410 g/mol. The molecule has 0 radical (unpaired) electrons. The number of aromatic nitrogens is 2. The maximum absolute atomic E-state index is 14.4. The van der Waals surface area contributed by atoms with Crippen LogP contribution in [0.25, 0.3) is 5.69 Å². The van der Waals surface area contributed by atoms with Crippen LogP contribution in [-0.4, -0.2) is 20.6 Å². The number of ether oxygens (including phenoxy) is 1. The van der Waals surface area contributed by atoms with E-state index in [2.05, 4.69) is 0 Å². The number of rotatable bonds is 4. The summed E-state index contributed by atoms with van der Waals surface area (Å²) in [6.45, 7) is 2.58. The van der Waals surface area contributed by atoms with Gasteiger partial charge in [-0.05, 0) is 19.9 Å². The fourth-order valence-corrected chi connectivity index (χ4v) is 2.40. The highest BCUT2D eigenvalue weighted by Crippen LogP contribution is 2.32. The topological polar surface area (TPSA) is 96.3 Å². The summed E-state index contributed by atoms with van der Waals surface area (Å²) in [6.07, 6.45) is -4.97. The molecule has 2 rings (SSSR count). The van der Waals surface area contributed by atoms with E-state index in [-0.39, 0.29) is 26.0 Å². The number of carbonyl (C=O) groups is 1. The van der Waals surface area contributed by atoms with Gasteiger partial charge in [-0.1, -0.05) is 11.6 Å². The number of nitrogens with zero attached hydrogens (tertiary/aromatic N) is 2. The van der Waals surface area contributed by atoms with E-state index in [1.807, 2.05) is 0 Å². The van der Waals surface area contributed by atoms with Gasteiger partial charge in [0.25, 0.3) is 11.5 Å². The van der Waals surface area contributed by atoms with Crippen LogP contribution in [0.15, 0.2) is 27.8 Å². The Balaban J connectivity index is 2.75. The monoisotopic (exact) mass is 423 g/mol. The quantitative estimate of drug-likeness (QED) is 0.761. The molecule has 7 nitrogen and oxygen atoms in total. The standard InChI is InChI=1S/C16H14ClF4N3O4/c1-15(2,13(22)26)28-10-5-9(8(18)4-7(10)17)24-12(25)6-11(16(19,20)21)23(3)14(24)27/h4-6H,1-3H3,(H2,22,26). The fraction of sp³-hybridized carbons (Fsp3) is 0.312. The average molecular weight is 424 g/mol. The lowest BCUT2D eigenvalue weighted by Crippen LogP contribution is -2.43. The molecule has 0 bridgehead atoms. The van der Waals surface area contributed by atoms with Gasteiger partial charge >= 0.3 is 11.9 Å². The van der Waals surface area contributed by atoms with Gasteiger partial charge in [-0.3, -0.25) is 14.2 Å². The van der Waals surface area contributed by atoms with Crippen molar-refractivity contribution in [3.05, 3.63) is 55.6 Å². The van der Waals surface area contributed by atoms with Crippen LogP contribution in [0.3, 0.4) is 0 Å². The Bertz CT molecular complexity index is 1070. The Morgan fingerprint density at radius 3 is 2.25 bits per heavy atom. The summed E-state index contributed by atoms with van der Waals surface area (Å²) < 4.78 is 58.8. The van der Waals surface area contributed by atoms with E-state index >= 15 is 0 Å². The maximum atomic E-state index is 14.4. The van der Waals surface area contributed by atoms with E-state index in [0.717, 1.165) is 13.1 Å². The molecule has 12 heteroatoms. The van der Waals surface area contributed by atoms with Crippen molar-refractivity contribution >= 4 is 17.5 Å². The number of hydrogen-bond donors (Lipinski definition) is 1. The minimum absolute atomic E-state index is 0.156. The third kappa shape index (κ3) is 3.88. The first-order valence-corrected chi connectivity index (χ1v) is 7.93. The summed E-state index contributed by atoms with van der Waals surface area (Å²) in [6, 6.07) is 1.66. The Hall–Kier alpha value is -2.82. The van der Waals surface area contributed by atoms with Gasteiger partial charge in [-0.15, -0.1) is 0 Å². The number of primary amides is 1. The number of hydrogen-bond acceptors (Lipinski definition) is 4. The normalized spacial score (nSPS) is 12.1. The van der Waals surface area contributed by atoms with Crippen LogP contribution in [0.1, 0.15) is 19.5 Å². The second-order valence-corrected chi connectivity index (χ2v) is 6.66. The van der Waals surface area contributed by atoms with E-state index in [4.69, 9.17) is 22.1 Å². The summed E-state index contributed by atoms with van der Waals surface area (Å²) in [4.78, 5) is 35.9. The molecule has 0 aliphatic heterocycles. The summed E-state index contributed by atoms with van der Waals surface area (Å²) in [5, 5.41) is -0.313. The van der Waals surface area contributed by atoms with Crippen molar-refractivity contribution in [2.24, 2.45) is 12.8 Å². The highest BCUT2D eigenvalue weighted by molar-refractivity contribution is 6.32. The molecule has 0 unspecified atom stereocenters. The molecule has 1 aromatic carbocycles. The zero-order valence-corrected chi connectivity index (χ0v) is 15.5. The molecule has 152 valence electrons. The lowest BCUT2D eigenvalue weighted by molar-refractivity contribution is -0.144. The van der Waals surface area contributed by atoms with Gasteiger partial charge in [-0.2, -0.15) is 13.2 Å². The minimum Gasteiger partial charge on any atom is -0.476 e. The summed E-state index contributed by atoms with van der Waals surface area (Å²) in [7, 11) is 0.780. The molecular formula is C16H14ClF4N3O4. The fourth-order valence-electron chi connectivity index (χ4n) is 2.21. The van der Waals surface area contributed by atoms with Crippen LogP contribution in [-0.2, 0) is 18.0 Å². The molecule has 2 aromatic rings. The Morgan fingerprint density at radius 1 is 1.18 bits per heavy atom. The predicted octanol–water partition coefficient (Wildman–Crippen LogP) is 1.99. The van der Waals surface area contributed by atoms with Crippen LogP contribution in [0.5, 0.6) is 5.75 Å². The van der Waals surface area contributed by atoms with Crippen LogP contribution in [0.2, 0.25) is 5.02 Å². The Kier molecular flexibility index (Phi) is 5.35. The highest BCUT2D eigenvalue weighted by atomic mass is 35.5. The largest absolute Gasteiger partial charge is 0.476 e. The molecule has 1 aromatic heterocycles. The highest BCUT2D eigenvalue weighted by Gasteiger charge is 2.35. The van der Waals surface area contributed by atoms with E-state index in [0.29, 0.717) is 6.07 Å². The first-order valence-electron chi connectivity index (χ1n) is 7.55. The van der Waals surface area contributed by atoms with Gasteiger partial charge in [-0.25, -0.2) is 13.8 Å². The van der Waals surface area contributed by atoms with E-state index < -0.39 is 46.1 Å². The molecule has 0 spiro atoms. The number of amides is 1. The van der Waals surface area contributed by atoms with Crippen molar-refractivity contribution in [3.8, 4) is 11.4 Å². The van der Waals surface area contributed by atoms with Gasteiger partial charge < -0.3 is 10.5 Å². The van der Waals surface area contributed by atoms with Crippen molar-refractivity contribution in [2.45, 2.75) is 25.6 Å². The van der Waals surface area contributed by atoms with Crippen molar-refractivity contribution in [1.82, 2.24) is 9.13 Å². The number of nitrogens with two attached hydrogens (primary N) is 1. The molecule has 0 aliphatic carbocycles. The lowest BCUT2D eigenvalue weighted by Gasteiger charge is -2.24. The first kappa shape index (κ1) is 21.5. The Morgan fingerprint density at radius 2 is 1.75 bits per heavy atom. The maximum Gasteiger partial charge on any atom is 0.431 e. The van der Waals surface area contributed by atoms with E-state index in [1.165, 1.54) is 13.8 Å². The summed E-state index contributed by atoms with van der Waals surface area (Å²) in [5.74, 6) is -2.37. The van der Waals surface area contributed by atoms with Crippen LogP contribution < -0.4 is 21.7 Å².